The predicted octanol–water partition coefficient (Wildman–Crippen LogP) is 6.66. The van der Waals surface area contributed by atoms with Crippen LogP contribution in [-0.2, 0) is 13.1 Å². The zero-order valence-electron chi connectivity index (χ0n) is 23.3. The molecule has 2 aliphatic heterocycles. The van der Waals surface area contributed by atoms with Crippen LogP contribution in [0, 0.1) is 24.2 Å². The van der Waals surface area contributed by atoms with Crippen LogP contribution in [0.3, 0.4) is 0 Å². The lowest BCUT2D eigenvalue weighted by molar-refractivity contribution is -0.135. The van der Waals surface area contributed by atoms with E-state index in [4.69, 9.17) is 0 Å². The average Bonchev–Trinajstić information content (AvgIpc) is 3.40. The number of hydrogen-bond acceptors (Lipinski definition) is 4. The predicted molar refractivity (Wildman–Crippen MR) is 148 cm³/mol. The second kappa shape index (κ2) is 10.3. The molecule has 40 heavy (non-hydrogen) atoms. The molecular weight excluding hydrogens is 513 g/mol. The number of hydrogen-bond donors (Lipinski definition) is 1. The van der Waals surface area contributed by atoms with E-state index in [9.17, 15) is 18.4 Å². The molecule has 1 unspecified atom stereocenters. The van der Waals surface area contributed by atoms with Gasteiger partial charge in [-0.25, -0.2) is 0 Å². The van der Waals surface area contributed by atoms with Gasteiger partial charge in [0.1, 0.15) is 11.8 Å². The summed E-state index contributed by atoms with van der Waals surface area (Å²) in [5.41, 5.74) is 6.04. The Morgan fingerprint density at radius 1 is 1.15 bits per heavy atom. The normalized spacial score (nSPS) is 22.7. The third-order valence-corrected chi connectivity index (χ3v) is 9.53. The summed E-state index contributed by atoms with van der Waals surface area (Å²) in [7, 11) is 0. The summed E-state index contributed by atoms with van der Waals surface area (Å²) in [5.74, 6) is 0.596. The molecule has 9 heteroatoms. The number of benzene rings is 1. The highest BCUT2D eigenvalue weighted by Crippen LogP contribution is 2.52. The lowest BCUT2D eigenvalue weighted by Crippen LogP contribution is -2.53. The SMILES string of the molecule is Cc1c(CN2CCC(N3C(CCC(F)(F)F)=CCC3(C)C3CC3)CC2)ccc2c1cc(C#N)n2Cc1cn[nH]c1. The van der Waals surface area contributed by atoms with Crippen molar-refractivity contribution in [2.75, 3.05) is 13.1 Å². The number of halogens is 3. The van der Waals surface area contributed by atoms with Crippen LogP contribution in [0.25, 0.3) is 10.9 Å². The molecular formula is C31H37F3N6. The van der Waals surface area contributed by atoms with E-state index in [1.54, 1.807) is 6.20 Å². The van der Waals surface area contributed by atoms with Gasteiger partial charge < -0.3 is 9.47 Å². The smallest absolute Gasteiger partial charge is 0.366 e. The Morgan fingerprint density at radius 2 is 1.93 bits per heavy atom. The van der Waals surface area contributed by atoms with Crippen LogP contribution < -0.4 is 0 Å². The minimum absolute atomic E-state index is 0.0303. The van der Waals surface area contributed by atoms with Gasteiger partial charge in [0.15, 0.2) is 0 Å². The first-order valence-electron chi connectivity index (χ1n) is 14.4. The molecule has 6 rings (SSSR count). The molecule has 0 amide bonds. The first-order chi connectivity index (χ1) is 19.2. The average molecular weight is 551 g/mol. The molecule has 1 aromatic carbocycles. The van der Waals surface area contributed by atoms with E-state index < -0.39 is 12.6 Å². The van der Waals surface area contributed by atoms with Crippen molar-refractivity contribution in [3.05, 3.63) is 64.8 Å². The van der Waals surface area contributed by atoms with Gasteiger partial charge in [-0.05, 0) is 81.5 Å². The minimum Gasteiger partial charge on any atom is -0.366 e. The molecule has 212 valence electrons. The Balaban J connectivity index is 1.15. The third-order valence-electron chi connectivity index (χ3n) is 9.53. The highest BCUT2D eigenvalue weighted by Gasteiger charge is 2.51. The Labute approximate surface area is 233 Å². The Hall–Kier alpha value is -3.25. The molecule has 2 aromatic heterocycles. The van der Waals surface area contributed by atoms with Gasteiger partial charge in [-0.15, -0.1) is 0 Å². The molecule has 1 atom stereocenters. The van der Waals surface area contributed by atoms with Crippen molar-refractivity contribution >= 4 is 10.9 Å². The van der Waals surface area contributed by atoms with Crippen LogP contribution in [0.15, 0.2) is 42.4 Å². The van der Waals surface area contributed by atoms with Crippen molar-refractivity contribution in [1.82, 2.24) is 24.6 Å². The van der Waals surface area contributed by atoms with Crippen molar-refractivity contribution in [2.24, 2.45) is 5.92 Å². The van der Waals surface area contributed by atoms with Gasteiger partial charge in [-0.2, -0.15) is 23.5 Å². The van der Waals surface area contributed by atoms with E-state index in [1.807, 2.05) is 16.8 Å². The zero-order valence-corrected chi connectivity index (χ0v) is 23.3. The minimum atomic E-state index is -4.12. The van der Waals surface area contributed by atoms with Gasteiger partial charge in [0.05, 0.1) is 12.7 Å². The largest absolute Gasteiger partial charge is 0.389 e. The Bertz CT molecular complexity index is 1430. The number of aromatic amines is 1. The number of nitrogens with one attached hydrogen (secondary N) is 1. The summed E-state index contributed by atoms with van der Waals surface area (Å²) >= 11 is 0. The summed E-state index contributed by atoms with van der Waals surface area (Å²) in [6, 6.07) is 8.93. The fourth-order valence-corrected chi connectivity index (χ4v) is 7.14. The summed E-state index contributed by atoms with van der Waals surface area (Å²) in [6.07, 6.45) is 6.13. The van der Waals surface area contributed by atoms with E-state index >= 15 is 0 Å². The quantitative estimate of drug-likeness (QED) is 0.341. The fraction of sp³-hybridized carbons (Fsp3) is 0.548. The number of alkyl halides is 3. The van der Waals surface area contributed by atoms with Crippen LogP contribution in [-0.4, -0.2) is 55.4 Å². The number of allylic oxidation sites excluding steroid dienone is 1. The van der Waals surface area contributed by atoms with E-state index in [-0.39, 0.29) is 12.0 Å². The van der Waals surface area contributed by atoms with E-state index in [2.05, 4.69) is 58.1 Å². The third kappa shape index (κ3) is 5.14. The molecule has 6 nitrogen and oxygen atoms in total. The number of aromatic nitrogens is 3. The summed E-state index contributed by atoms with van der Waals surface area (Å²) in [4.78, 5) is 4.90. The van der Waals surface area contributed by atoms with Gasteiger partial charge in [0, 0.05) is 66.0 Å². The van der Waals surface area contributed by atoms with Gasteiger partial charge >= 0.3 is 6.18 Å². The van der Waals surface area contributed by atoms with E-state index in [0.29, 0.717) is 24.2 Å². The number of aryl methyl sites for hydroxylation is 1. The maximum Gasteiger partial charge on any atom is 0.389 e. The zero-order chi connectivity index (χ0) is 28.1. The molecule has 4 heterocycles. The first-order valence-corrected chi connectivity index (χ1v) is 14.4. The number of rotatable bonds is 8. The van der Waals surface area contributed by atoms with Crippen LogP contribution in [0.5, 0.6) is 0 Å². The number of nitriles is 1. The molecule has 0 spiro atoms. The molecule has 1 N–H and O–H groups in total. The lowest BCUT2D eigenvalue weighted by Gasteiger charge is -2.48. The van der Waals surface area contributed by atoms with Crippen molar-refractivity contribution < 1.29 is 13.2 Å². The maximum atomic E-state index is 13.1. The van der Waals surface area contributed by atoms with E-state index in [1.165, 1.54) is 24.0 Å². The van der Waals surface area contributed by atoms with Crippen LogP contribution in [0.4, 0.5) is 13.2 Å². The number of fused-ring (bicyclic) bond motifs is 1. The second-order valence-corrected chi connectivity index (χ2v) is 12.1. The summed E-state index contributed by atoms with van der Waals surface area (Å²) in [6.45, 7) is 7.69. The highest BCUT2D eigenvalue weighted by atomic mass is 19.4. The monoisotopic (exact) mass is 550 g/mol. The van der Waals surface area contributed by atoms with Crippen LogP contribution in [0.1, 0.15) is 74.3 Å². The maximum absolute atomic E-state index is 13.1. The molecule has 1 saturated carbocycles. The molecule has 0 radical (unpaired) electrons. The van der Waals surface area contributed by atoms with Crippen molar-refractivity contribution in [2.45, 2.75) is 89.6 Å². The highest BCUT2D eigenvalue weighted by molar-refractivity contribution is 5.86. The second-order valence-electron chi connectivity index (χ2n) is 12.1. The van der Waals surface area contributed by atoms with Crippen molar-refractivity contribution in [3.63, 3.8) is 0 Å². The molecule has 3 aromatic rings. The summed E-state index contributed by atoms with van der Waals surface area (Å²) in [5, 5.41) is 17.8. The van der Waals surface area contributed by atoms with Crippen molar-refractivity contribution in [3.8, 4) is 6.07 Å². The first kappa shape index (κ1) is 26.9. The van der Waals surface area contributed by atoms with Gasteiger partial charge in [0.2, 0.25) is 0 Å². The number of likely N-dealkylation sites (tertiary alicyclic amines) is 1. The van der Waals surface area contributed by atoms with Gasteiger partial charge in [-0.3, -0.25) is 10.00 Å². The van der Waals surface area contributed by atoms with Crippen molar-refractivity contribution in [1.29, 1.82) is 5.26 Å². The molecule has 2 fully saturated rings. The topological polar surface area (TPSA) is 63.9 Å². The van der Waals surface area contributed by atoms with E-state index in [0.717, 1.165) is 61.1 Å². The molecule has 1 saturated heterocycles. The number of H-pyrrole nitrogens is 1. The fourth-order valence-electron chi connectivity index (χ4n) is 7.14. The number of nitrogens with zero attached hydrogens (tertiary/aromatic N) is 5. The number of piperidine rings is 1. The van der Waals surface area contributed by atoms with Crippen LogP contribution >= 0.6 is 0 Å². The molecule has 0 bridgehead atoms. The molecule has 3 aliphatic rings. The van der Waals surface area contributed by atoms with Crippen LogP contribution in [0.2, 0.25) is 0 Å². The Kier molecular flexibility index (Phi) is 6.94. The van der Waals surface area contributed by atoms with Gasteiger partial charge in [-0.1, -0.05) is 12.1 Å². The molecule has 1 aliphatic carbocycles. The lowest BCUT2D eigenvalue weighted by atomic mass is 9.88. The Morgan fingerprint density at radius 3 is 2.58 bits per heavy atom. The standard InChI is InChI=1S/C31H37F3N6/c1-21-23(3-6-29-28(21)15-27(16-35)39(29)19-22-17-36-37-18-22)20-38-13-9-26(10-14-38)40-25(8-12-31(32,33)34)7-11-30(40,2)24-4-5-24/h3,6-7,15,17-18,24,26H,4-5,8-14,19-20H2,1-2H3,(H,36,37). The summed E-state index contributed by atoms with van der Waals surface area (Å²) < 4.78 is 41.3. The van der Waals surface area contributed by atoms with Gasteiger partial charge in [0.25, 0.3) is 0 Å².